The molecule has 0 unspecified atom stereocenters. The third-order valence-electron chi connectivity index (χ3n) is 6.44. The number of para-hydroxylation sites is 1. The van der Waals surface area contributed by atoms with Gasteiger partial charge in [0, 0.05) is 52.1 Å². The number of aryl methyl sites for hydroxylation is 1. The molecule has 0 amide bonds. The van der Waals surface area contributed by atoms with Gasteiger partial charge in [-0.1, -0.05) is 19.1 Å². The van der Waals surface area contributed by atoms with Crippen LogP contribution in [-0.2, 0) is 13.6 Å². The van der Waals surface area contributed by atoms with Crippen LogP contribution < -0.4 is 15.0 Å². The molecule has 3 aromatic heterocycles. The molecule has 4 aromatic rings. The highest BCUT2D eigenvalue weighted by atomic mass is 19.1. The maximum atomic E-state index is 14.0. The third-order valence-corrected chi connectivity index (χ3v) is 6.44. The Morgan fingerprint density at radius 1 is 1.07 bits per heavy atom. The van der Waals surface area contributed by atoms with E-state index in [1.807, 2.05) is 67.2 Å². The van der Waals surface area contributed by atoms with E-state index < -0.39 is 5.67 Å². The van der Waals surface area contributed by atoms with Gasteiger partial charge in [0.25, 0.3) is 0 Å². The predicted molar refractivity (Wildman–Crippen MR) is 159 cm³/mol. The first-order chi connectivity index (χ1) is 19.5. The van der Waals surface area contributed by atoms with Crippen LogP contribution in [0.1, 0.15) is 43.1 Å². The Kier molecular flexibility index (Phi) is 8.97. The number of halogens is 1. The van der Waals surface area contributed by atoms with Gasteiger partial charge in [-0.25, -0.2) is 19.3 Å². The number of benzene rings is 1. The first-order valence-corrected chi connectivity index (χ1v) is 13.4. The van der Waals surface area contributed by atoms with Crippen LogP contribution >= 0.6 is 0 Å². The van der Waals surface area contributed by atoms with E-state index in [2.05, 4.69) is 25.4 Å². The monoisotopic (exact) mass is 560 g/mol. The molecule has 3 heterocycles. The van der Waals surface area contributed by atoms with Gasteiger partial charge in [-0.2, -0.15) is 5.10 Å². The lowest BCUT2D eigenvalue weighted by Gasteiger charge is -2.25. The van der Waals surface area contributed by atoms with E-state index in [9.17, 15) is 9.18 Å². The Hall–Kier alpha value is -4.38. The number of ether oxygens (including phenoxy) is 1. The standard InChI is InChI=1S/C30H37FN8O2/c1-8-25(40)22-16-33-27(35-26-13-12-20(15-32-26)17-37(4)18-30(2,3)31)14-24(22)39(6)23-11-9-10-21(28(23)41-7)29-34-19-38(5)36-29/h9-16,19H,8,17-18H2,1-7H3,(H,32,33,35). The fourth-order valence-electron chi connectivity index (χ4n) is 4.70. The molecule has 0 aliphatic heterocycles. The van der Waals surface area contributed by atoms with Crippen LogP contribution in [0.25, 0.3) is 11.4 Å². The number of carbonyl (C=O) groups excluding carboxylic acids is 1. The van der Waals surface area contributed by atoms with Crippen molar-refractivity contribution < 1.29 is 13.9 Å². The van der Waals surface area contributed by atoms with Gasteiger partial charge in [0.15, 0.2) is 17.4 Å². The van der Waals surface area contributed by atoms with Gasteiger partial charge in [0.1, 0.15) is 23.6 Å². The molecular weight excluding hydrogens is 523 g/mol. The molecular formula is C30H37FN8O2. The molecule has 0 saturated carbocycles. The molecule has 0 fully saturated rings. The number of Topliss-reactive ketones (excluding diaryl/α,β-unsaturated/α-hetero) is 1. The van der Waals surface area contributed by atoms with Crippen molar-refractivity contribution >= 4 is 28.8 Å². The molecule has 41 heavy (non-hydrogen) atoms. The molecule has 11 heteroatoms. The van der Waals surface area contributed by atoms with Gasteiger partial charge in [0.05, 0.1) is 29.6 Å². The summed E-state index contributed by atoms with van der Waals surface area (Å²) in [6.07, 6.45) is 5.31. The predicted octanol–water partition coefficient (Wildman–Crippen LogP) is 5.56. The highest BCUT2D eigenvalue weighted by molar-refractivity contribution is 6.02. The summed E-state index contributed by atoms with van der Waals surface area (Å²) in [5.74, 6) is 2.21. The molecule has 0 saturated heterocycles. The molecule has 0 aliphatic carbocycles. The smallest absolute Gasteiger partial charge is 0.184 e. The largest absolute Gasteiger partial charge is 0.494 e. The van der Waals surface area contributed by atoms with E-state index in [0.717, 1.165) is 16.8 Å². The first kappa shape index (κ1) is 29.6. The lowest BCUT2D eigenvalue weighted by molar-refractivity contribution is 0.0988. The van der Waals surface area contributed by atoms with E-state index >= 15 is 0 Å². The van der Waals surface area contributed by atoms with Crippen molar-refractivity contribution in [1.29, 1.82) is 0 Å². The van der Waals surface area contributed by atoms with Crippen LogP contribution in [0.5, 0.6) is 5.75 Å². The molecule has 1 aromatic carbocycles. The Morgan fingerprint density at radius 3 is 2.44 bits per heavy atom. The van der Waals surface area contributed by atoms with E-state index in [1.165, 1.54) is 0 Å². The summed E-state index contributed by atoms with van der Waals surface area (Å²) < 4.78 is 21.4. The van der Waals surface area contributed by atoms with Crippen LogP contribution in [0.3, 0.4) is 0 Å². The molecule has 0 aliphatic rings. The SMILES string of the molecule is CCC(=O)c1cnc(Nc2ccc(CN(C)CC(C)(C)F)cn2)cc1N(C)c1cccc(-c2ncn(C)n2)c1OC. The second-order valence-electron chi connectivity index (χ2n) is 10.6. The normalized spacial score (nSPS) is 11.5. The third kappa shape index (κ3) is 7.23. The summed E-state index contributed by atoms with van der Waals surface area (Å²) >= 11 is 0. The van der Waals surface area contributed by atoms with Gasteiger partial charge in [0.2, 0.25) is 0 Å². The number of methoxy groups -OCH3 is 1. The zero-order valence-corrected chi connectivity index (χ0v) is 24.6. The Morgan fingerprint density at radius 2 is 1.83 bits per heavy atom. The molecule has 0 atom stereocenters. The molecule has 1 N–H and O–H groups in total. The lowest BCUT2D eigenvalue weighted by Crippen LogP contribution is -2.32. The number of nitrogens with zero attached hydrogens (tertiary/aromatic N) is 7. The number of rotatable bonds is 12. The number of carbonyl (C=O) groups is 1. The first-order valence-electron chi connectivity index (χ1n) is 13.4. The second-order valence-corrected chi connectivity index (χ2v) is 10.6. The van der Waals surface area contributed by atoms with E-state index in [-0.39, 0.29) is 5.78 Å². The van der Waals surface area contributed by atoms with Crippen LogP contribution in [0.4, 0.5) is 27.4 Å². The highest BCUT2D eigenvalue weighted by Gasteiger charge is 2.22. The van der Waals surface area contributed by atoms with Crippen molar-refractivity contribution in [2.24, 2.45) is 7.05 Å². The quantitative estimate of drug-likeness (QED) is 0.223. The fraction of sp³-hybridized carbons (Fsp3) is 0.367. The Labute approximate surface area is 240 Å². The number of ketones is 1. The van der Waals surface area contributed by atoms with Crippen LogP contribution in [0.15, 0.2) is 55.1 Å². The van der Waals surface area contributed by atoms with E-state index in [1.54, 1.807) is 51.4 Å². The average molecular weight is 561 g/mol. The number of aromatic nitrogens is 5. The second kappa shape index (κ2) is 12.4. The zero-order valence-electron chi connectivity index (χ0n) is 24.6. The minimum absolute atomic E-state index is 0.0320. The number of nitrogens with one attached hydrogen (secondary N) is 1. The molecule has 10 nitrogen and oxygen atoms in total. The lowest BCUT2D eigenvalue weighted by atomic mass is 10.1. The Balaban J connectivity index is 1.63. The van der Waals surface area contributed by atoms with E-state index in [0.29, 0.717) is 54.0 Å². The van der Waals surface area contributed by atoms with Crippen molar-refractivity contribution in [3.63, 3.8) is 0 Å². The molecule has 4 rings (SSSR count). The van der Waals surface area contributed by atoms with Crippen LogP contribution in [0, 0.1) is 0 Å². The van der Waals surface area contributed by atoms with Crippen molar-refractivity contribution in [2.45, 2.75) is 39.4 Å². The summed E-state index contributed by atoms with van der Waals surface area (Å²) in [6.45, 7) is 5.86. The maximum absolute atomic E-state index is 14.0. The van der Waals surface area contributed by atoms with Crippen LogP contribution in [0.2, 0.25) is 0 Å². The number of anilines is 4. The van der Waals surface area contributed by atoms with Crippen LogP contribution in [-0.4, -0.2) is 68.8 Å². The van der Waals surface area contributed by atoms with Crippen molar-refractivity contribution in [1.82, 2.24) is 29.6 Å². The molecule has 0 spiro atoms. The summed E-state index contributed by atoms with van der Waals surface area (Å²) in [5, 5.41) is 7.66. The molecule has 0 bridgehead atoms. The van der Waals surface area contributed by atoms with Crippen molar-refractivity contribution in [3.05, 3.63) is 66.2 Å². The summed E-state index contributed by atoms with van der Waals surface area (Å²) in [5.41, 5.74) is 2.32. The maximum Gasteiger partial charge on any atom is 0.184 e. The zero-order chi connectivity index (χ0) is 29.7. The average Bonchev–Trinajstić information content (AvgIpc) is 3.37. The Bertz CT molecular complexity index is 1500. The highest BCUT2D eigenvalue weighted by Crippen LogP contribution is 2.40. The fourth-order valence-corrected chi connectivity index (χ4v) is 4.70. The van der Waals surface area contributed by atoms with Gasteiger partial charge in [-0.05, 0) is 44.7 Å². The van der Waals surface area contributed by atoms with Gasteiger partial charge >= 0.3 is 0 Å². The minimum atomic E-state index is -1.27. The number of hydrogen-bond acceptors (Lipinski definition) is 9. The summed E-state index contributed by atoms with van der Waals surface area (Å²) in [6, 6.07) is 11.3. The molecule has 216 valence electrons. The van der Waals surface area contributed by atoms with Gasteiger partial charge < -0.3 is 15.0 Å². The van der Waals surface area contributed by atoms with Gasteiger partial charge in [-0.3, -0.25) is 14.4 Å². The van der Waals surface area contributed by atoms with Crippen molar-refractivity contribution in [2.75, 3.05) is 38.0 Å². The summed E-state index contributed by atoms with van der Waals surface area (Å²) in [4.78, 5) is 30.1. The summed E-state index contributed by atoms with van der Waals surface area (Å²) in [7, 11) is 7.16. The number of alkyl halides is 1. The minimum Gasteiger partial charge on any atom is -0.494 e. The topological polar surface area (TPSA) is 101 Å². The number of pyridine rings is 2. The van der Waals surface area contributed by atoms with Gasteiger partial charge in [-0.15, -0.1) is 0 Å². The van der Waals surface area contributed by atoms with E-state index in [4.69, 9.17) is 4.74 Å². The van der Waals surface area contributed by atoms with Crippen molar-refractivity contribution in [3.8, 4) is 17.1 Å². The molecule has 0 radical (unpaired) electrons. The number of hydrogen-bond donors (Lipinski definition) is 1.